The van der Waals surface area contributed by atoms with Gasteiger partial charge in [-0.1, -0.05) is 12.1 Å². The van der Waals surface area contributed by atoms with Gasteiger partial charge in [-0.2, -0.15) is 13.2 Å². The Morgan fingerprint density at radius 2 is 1.81 bits per heavy atom. The van der Waals surface area contributed by atoms with Gasteiger partial charge in [0.2, 0.25) is 0 Å². The number of benzene rings is 1. The molecule has 0 unspecified atom stereocenters. The molecule has 5 heteroatoms. The predicted octanol–water partition coefficient (Wildman–Crippen LogP) is 3.13. The third-order valence-electron chi connectivity index (χ3n) is 2.28. The first-order valence-corrected chi connectivity index (χ1v) is 5.01. The van der Waals surface area contributed by atoms with E-state index in [0.29, 0.717) is 19.4 Å². The van der Waals surface area contributed by atoms with Gasteiger partial charge in [-0.25, -0.2) is 4.39 Å². The van der Waals surface area contributed by atoms with E-state index in [4.69, 9.17) is 5.73 Å². The Kier molecular flexibility index (Phi) is 4.29. The zero-order chi connectivity index (χ0) is 12.2. The first-order valence-electron chi connectivity index (χ1n) is 5.01. The van der Waals surface area contributed by atoms with Crippen LogP contribution in [-0.2, 0) is 12.6 Å². The van der Waals surface area contributed by atoms with E-state index in [9.17, 15) is 17.6 Å². The molecular weight excluding hydrogens is 222 g/mol. The molecule has 0 bridgehead atoms. The van der Waals surface area contributed by atoms with E-state index in [2.05, 4.69) is 0 Å². The summed E-state index contributed by atoms with van der Waals surface area (Å²) in [6.45, 7) is 0.427. The Bertz CT molecular complexity index is 346. The molecule has 16 heavy (non-hydrogen) atoms. The average molecular weight is 235 g/mol. The van der Waals surface area contributed by atoms with Crippen molar-refractivity contribution in [3.63, 3.8) is 0 Å². The second-order valence-electron chi connectivity index (χ2n) is 3.52. The zero-order valence-corrected chi connectivity index (χ0v) is 8.65. The van der Waals surface area contributed by atoms with E-state index in [1.165, 1.54) is 12.1 Å². The van der Waals surface area contributed by atoms with Crippen LogP contribution < -0.4 is 5.73 Å². The summed E-state index contributed by atoms with van der Waals surface area (Å²) in [6, 6.07) is 3.43. The lowest BCUT2D eigenvalue weighted by molar-refractivity contribution is -0.140. The van der Waals surface area contributed by atoms with E-state index >= 15 is 0 Å². The van der Waals surface area contributed by atoms with Crippen molar-refractivity contribution >= 4 is 0 Å². The molecule has 0 aliphatic carbocycles. The predicted molar refractivity (Wildman–Crippen MR) is 53.4 cm³/mol. The van der Waals surface area contributed by atoms with Crippen molar-refractivity contribution in [3.05, 3.63) is 35.1 Å². The Hall–Kier alpha value is -1.10. The molecule has 1 aromatic carbocycles. The van der Waals surface area contributed by atoms with Crippen molar-refractivity contribution < 1.29 is 17.6 Å². The first-order chi connectivity index (χ1) is 7.46. The molecule has 0 heterocycles. The van der Waals surface area contributed by atoms with Crippen LogP contribution >= 0.6 is 0 Å². The van der Waals surface area contributed by atoms with Crippen molar-refractivity contribution in [2.75, 3.05) is 6.54 Å². The van der Waals surface area contributed by atoms with Gasteiger partial charge in [0.15, 0.2) is 0 Å². The molecule has 0 spiro atoms. The van der Waals surface area contributed by atoms with Gasteiger partial charge in [0.25, 0.3) is 0 Å². The van der Waals surface area contributed by atoms with Crippen molar-refractivity contribution in [2.24, 2.45) is 5.73 Å². The highest BCUT2D eigenvalue weighted by molar-refractivity contribution is 5.31. The molecule has 0 aliphatic rings. The number of hydrogen-bond donors (Lipinski definition) is 1. The van der Waals surface area contributed by atoms with E-state index in [0.717, 1.165) is 6.07 Å². The number of alkyl halides is 3. The second kappa shape index (κ2) is 5.30. The van der Waals surface area contributed by atoms with Crippen LogP contribution in [0.25, 0.3) is 0 Å². The van der Waals surface area contributed by atoms with Gasteiger partial charge in [-0.15, -0.1) is 0 Å². The molecule has 0 radical (unpaired) electrons. The maximum absolute atomic E-state index is 13.1. The highest BCUT2D eigenvalue weighted by Gasteiger charge is 2.36. The first kappa shape index (κ1) is 13.0. The third-order valence-corrected chi connectivity index (χ3v) is 2.28. The minimum Gasteiger partial charge on any atom is -0.330 e. The maximum Gasteiger partial charge on any atom is 0.419 e. The molecule has 1 rings (SSSR count). The summed E-state index contributed by atoms with van der Waals surface area (Å²) in [6.07, 6.45) is -3.27. The summed E-state index contributed by atoms with van der Waals surface area (Å²) in [5, 5.41) is 0. The van der Waals surface area contributed by atoms with E-state index in [1.807, 2.05) is 0 Å². The van der Waals surface area contributed by atoms with E-state index < -0.39 is 17.6 Å². The minimum absolute atomic E-state index is 0.000880. The summed E-state index contributed by atoms with van der Waals surface area (Å²) in [5.74, 6) is -1.21. The standard InChI is InChI=1S/C11H13F4N/c12-9-6-3-5-8(4-1-2-7-16)10(9)11(13,14)15/h3,5-6H,1-2,4,7,16H2. The van der Waals surface area contributed by atoms with Gasteiger partial charge >= 0.3 is 6.18 Å². The number of rotatable bonds is 4. The topological polar surface area (TPSA) is 26.0 Å². The monoisotopic (exact) mass is 235 g/mol. The molecule has 1 nitrogen and oxygen atoms in total. The largest absolute Gasteiger partial charge is 0.419 e. The summed E-state index contributed by atoms with van der Waals surface area (Å²) in [7, 11) is 0. The van der Waals surface area contributed by atoms with Crippen LogP contribution in [0.1, 0.15) is 24.0 Å². The molecule has 0 aliphatic heterocycles. The molecular formula is C11H13F4N. The van der Waals surface area contributed by atoms with Gasteiger partial charge in [0.05, 0.1) is 5.56 Å². The van der Waals surface area contributed by atoms with Gasteiger partial charge < -0.3 is 5.73 Å². The van der Waals surface area contributed by atoms with Crippen molar-refractivity contribution in [1.82, 2.24) is 0 Å². The van der Waals surface area contributed by atoms with Crippen LogP contribution in [0.4, 0.5) is 17.6 Å². The number of hydrogen-bond acceptors (Lipinski definition) is 1. The van der Waals surface area contributed by atoms with Gasteiger partial charge in [-0.3, -0.25) is 0 Å². The Balaban J connectivity index is 2.95. The summed E-state index contributed by atoms with van der Waals surface area (Å²) in [4.78, 5) is 0. The molecule has 1 aromatic rings. The Morgan fingerprint density at radius 3 is 2.38 bits per heavy atom. The van der Waals surface area contributed by atoms with Gasteiger partial charge in [0, 0.05) is 0 Å². The van der Waals surface area contributed by atoms with Crippen LogP contribution in [0.5, 0.6) is 0 Å². The second-order valence-corrected chi connectivity index (χ2v) is 3.52. The Morgan fingerprint density at radius 1 is 1.12 bits per heavy atom. The Labute approximate surface area is 91.3 Å². The van der Waals surface area contributed by atoms with Crippen LogP contribution in [0.3, 0.4) is 0 Å². The number of unbranched alkanes of at least 4 members (excludes halogenated alkanes) is 1. The number of aryl methyl sites for hydroxylation is 1. The third kappa shape index (κ3) is 3.20. The quantitative estimate of drug-likeness (QED) is 0.629. The summed E-state index contributed by atoms with van der Waals surface area (Å²) in [5.41, 5.74) is 4.10. The van der Waals surface area contributed by atoms with Crippen LogP contribution in [-0.4, -0.2) is 6.54 Å². The van der Waals surface area contributed by atoms with Crippen LogP contribution in [0.15, 0.2) is 18.2 Å². The summed E-state index contributed by atoms with van der Waals surface area (Å²) >= 11 is 0. The van der Waals surface area contributed by atoms with Crippen molar-refractivity contribution in [1.29, 1.82) is 0 Å². The molecule has 2 N–H and O–H groups in total. The van der Waals surface area contributed by atoms with E-state index in [1.54, 1.807) is 0 Å². The minimum atomic E-state index is -4.64. The smallest absolute Gasteiger partial charge is 0.330 e. The lowest BCUT2D eigenvalue weighted by atomic mass is 10.0. The zero-order valence-electron chi connectivity index (χ0n) is 8.65. The average Bonchev–Trinajstić information content (AvgIpc) is 2.16. The van der Waals surface area contributed by atoms with Crippen molar-refractivity contribution in [3.8, 4) is 0 Å². The SMILES string of the molecule is NCCCCc1cccc(F)c1C(F)(F)F. The molecule has 0 aromatic heterocycles. The lowest BCUT2D eigenvalue weighted by Gasteiger charge is -2.13. The lowest BCUT2D eigenvalue weighted by Crippen LogP contribution is -2.12. The summed E-state index contributed by atoms with van der Waals surface area (Å²) < 4.78 is 50.8. The molecule has 0 atom stereocenters. The number of halogens is 4. The fraction of sp³-hybridized carbons (Fsp3) is 0.455. The van der Waals surface area contributed by atoms with Crippen LogP contribution in [0, 0.1) is 5.82 Å². The fourth-order valence-corrected chi connectivity index (χ4v) is 1.55. The maximum atomic E-state index is 13.1. The highest BCUT2D eigenvalue weighted by Crippen LogP contribution is 2.34. The fourth-order valence-electron chi connectivity index (χ4n) is 1.55. The van der Waals surface area contributed by atoms with Gasteiger partial charge in [0.1, 0.15) is 5.82 Å². The number of nitrogens with two attached hydrogens (primary N) is 1. The van der Waals surface area contributed by atoms with Crippen molar-refractivity contribution in [2.45, 2.75) is 25.4 Å². The molecule has 0 saturated heterocycles. The molecule has 90 valence electrons. The molecule has 0 fully saturated rings. The van der Waals surface area contributed by atoms with Crippen LogP contribution in [0.2, 0.25) is 0 Å². The van der Waals surface area contributed by atoms with E-state index in [-0.39, 0.29) is 12.0 Å². The highest BCUT2D eigenvalue weighted by atomic mass is 19.4. The van der Waals surface area contributed by atoms with Gasteiger partial charge in [-0.05, 0) is 37.4 Å². The molecule has 0 amide bonds. The normalized spacial score (nSPS) is 11.8. The molecule has 0 saturated carbocycles.